The smallest absolute Gasteiger partial charge is 0.339 e. The average Bonchev–Trinajstić information content (AvgIpc) is 3.31. The average molecular weight is 407 g/mol. The summed E-state index contributed by atoms with van der Waals surface area (Å²) in [4.78, 5) is 44.8. The van der Waals surface area contributed by atoms with Crippen molar-refractivity contribution in [3.8, 4) is 0 Å². The first-order valence-electron chi connectivity index (χ1n) is 10.1. The largest absolute Gasteiger partial charge is 0.465 e. The Hall–Kier alpha value is -3.22. The van der Waals surface area contributed by atoms with Crippen molar-refractivity contribution in [3.63, 3.8) is 0 Å². The monoisotopic (exact) mass is 407 g/mol. The summed E-state index contributed by atoms with van der Waals surface area (Å²) in [6.07, 6.45) is 1.36. The number of carbonyl (C=O) groups is 3. The van der Waals surface area contributed by atoms with Gasteiger partial charge >= 0.3 is 5.97 Å². The minimum Gasteiger partial charge on any atom is -0.465 e. The molecule has 2 aromatic rings. The molecule has 0 N–H and O–H groups in total. The molecular weight excluding hydrogens is 382 g/mol. The molecule has 156 valence electrons. The highest BCUT2D eigenvalue weighted by atomic mass is 16.5. The summed E-state index contributed by atoms with van der Waals surface area (Å²) < 4.78 is 4.67. The molecule has 3 heterocycles. The summed E-state index contributed by atoms with van der Waals surface area (Å²) in [6.45, 7) is 5.49. The normalized spacial score (nSPS) is 22.7. The molecule has 1 aromatic carbocycles. The zero-order valence-corrected chi connectivity index (χ0v) is 17.4. The number of pyridine rings is 1. The van der Waals surface area contributed by atoms with Crippen molar-refractivity contribution >= 4 is 17.8 Å². The minimum atomic E-state index is -0.484. The van der Waals surface area contributed by atoms with Crippen molar-refractivity contribution in [1.29, 1.82) is 0 Å². The third-order valence-electron chi connectivity index (χ3n) is 6.27. The molecular formula is C23H25N3O4. The van der Waals surface area contributed by atoms with Crippen LogP contribution < -0.4 is 0 Å². The van der Waals surface area contributed by atoms with E-state index in [1.165, 1.54) is 13.3 Å². The molecule has 4 rings (SSSR count). The summed E-state index contributed by atoms with van der Waals surface area (Å²) in [7, 11) is 1.31. The van der Waals surface area contributed by atoms with Gasteiger partial charge in [0, 0.05) is 44.6 Å². The van der Waals surface area contributed by atoms with Crippen molar-refractivity contribution in [2.24, 2.45) is 11.8 Å². The maximum atomic E-state index is 13.0. The first-order valence-corrected chi connectivity index (χ1v) is 10.1. The Morgan fingerprint density at radius 1 is 1.07 bits per heavy atom. The van der Waals surface area contributed by atoms with Gasteiger partial charge in [-0.1, -0.05) is 24.3 Å². The highest BCUT2D eigenvalue weighted by Gasteiger charge is 2.49. The molecule has 2 aliphatic rings. The molecule has 30 heavy (non-hydrogen) atoms. The lowest BCUT2D eigenvalue weighted by molar-refractivity contribution is -0.130. The number of fused-ring (bicyclic) bond motifs is 1. The van der Waals surface area contributed by atoms with Crippen LogP contribution in [0.3, 0.4) is 0 Å². The Labute approximate surface area is 175 Å². The van der Waals surface area contributed by atoms with E-state index in [-0.39, 0.29) is 29.7 Å². The Kier molecular flexibility index (Phi) is 5.28. The van der Waals surface area contributed by atoms with E-state index >= 15 is 0 Å². The van der Waals surface area contributed by atoms with Crippen molar-refractivity contribution in [3.05, 3.63) is 65.0 Å². The second kappa shape index (κ2) is 7.89. The summed E-state index contributed by atoms with van der Waals surface area (Å²) in [5.41, 5.74) is 2.91. The van der Waals surface area contributed by atoms with E-state index in [2.05, 4.69) is 28.8 Å². The number of methoxy groups -OCH3 is 1. The summed E-state index contributed by atoms with van der Waals surface area (Å²) in [5.74, 6) is -0.151. The quantitative estimate of drug-likeness (QED) is 0.731. The molecule has 2 aliphatic heterocycles. The van der Waals surface area contributed by atoms with Crippen LogP contribution in [-0.2, 0) is 9.53 Å². The van der Waals surface area contributed by atoms with Crippen LogP contribution in [0.5, 0.6) is 0 Å². The second-order valence-corrected chi connectivity index (χ2v) is 8.03. The van der Waals surface area contributed by atoms with Crippen LogP contribution in [0.15, 0.2) is 42.6 Å². The fourth-order valence-electron chi connectivity index (χ4n) is 4.77. The number of benzene rings is 1. The third kappa shape index (κ3) is 3.44. The zero-order valence-electron chi connectivity index (χ0n) is 17.4. The number of nitrogens with zero attached hydrogens (tertiary/aromatic N) is 3. The predicted octanol–water partition coefficient (Wildman–Crippen LogP) is 2.47. The molecule has 0 bridgehead atoms. The molecule has 7 nitrogen and oxygen atoms in total. The number of likely N-dealkylation sites (tertiary alicyclic amines) is 2. The number of hydrogen-bond donors (Lipinski definition) is 0. The van der Waals surface area contributed by atoms with Crippen molar-refractivity contribution in [1.82, 2.24) is 14.8 Å². The summed E-state index contributed by atoms with van der Waals surface area (Å²) in [5, 5.41) is 0. The Morgan fingerprint density at radius 2 is 1.83 bits per heavy atom. The summed E-state index contributed by atoms with van der Waals surface area (Å²) >= 11 is 0. The Morgan fingerprint density at radius 3 is 2.47 bits per heavy atom. The van der Waals surface area contributed by atoms with Gasteiger partial charge in [-0.25, -0.2) is 4.79 Å². The molecule has 0 spiro atoms. The second-order valence-electron chi connectivity index (χ2n) is 8.03. The molecule has 1 aromatic heterocycles. The maximum absolute atomic E-state index is 13.0. The number of amides is 2. The topological polar surface area (TPSA) is 79.8 Å². The van der Waals surface area contributed by atoms with Gasteiger partial charge in [0.2, 0.25) is 5.91 Å². The van der Waals surface area contributed by atoms with Gasteiger partial charge in [0.15, 0.2) is 0 Å². The first-order chi connectivity index (χ1) is 14.4. The van der Waals surface area contributed by atoms with Crippen molar-refractivity contribution in [2.45, 2.75) is 19.9 Å². The van der Waals surface area contributed by atoms with Gasteiger partial charge in [0.1, 0.15) is 5.69 Å². The van der Waals surface area contributed by atoms with Crippen molar-refractivity contribution in [2.75, 3.05) is 26.7 Å². The van der Waals surface area contributed by atoms with E-state index in [1.807, 2.05) is 21.9 Å². The van der Waals surface area contributed by atoms with Gasteiger partial charge in [0.05, 0.1) is 18.7 Å². The number of carbonyl (C=O) groups excluding carboxylic acids is 3. The lowest BCUT2D eigenvalue weighted by Gasteiger charge is -2.30. The van der Waals surface area contributed by atoms with Crippen LogP contribution in [-0.4, -0.2) is 59.3 Å². The number of hydrogen-bond acceptors (Lipinski definition) is 5. The third-order valence-corrected chi connectivity index (χ3v) is 6.27. The fourth-order valence-corrected chi connectivity index (χ4v) is 4.77. The Bertz CT molecular complexity index is 988. The highest BCUT2D eigenvalue weighted by molar-refractivity contribution is 5.94. The maximum Gasteiger partial charge on any atom is 0.339 e. The minimum absolute atomic E-state index is 0.0267. The van der Waals surface area contributed by atoms with Gasteiger partial charge in [-0.15, -0.1) is 0 Å². The Balaban J connectivity index is 1.55. The van der Waals surface area contributed by atoms with Gasteiger partial charge in [0.25, 0.3) is 5.91 Å². The summed E-state index contributed by atoms with van der Waals surface area (Å²) in [6, 6.07) is 11.2. The fraction of sp³-hybridized carbons (Fsp3) is 0.391. The van der Waals surface area contributed by atoms with Crippen LogP contribution >= 0.6 is 0 Å². The molecule has 0 aliphatic carbocycles. The van der Waals surface area contributed by atoms with Crippen LogP contribution in [0.25, 0.3) is 0 Å². The van der Waals surface area contributed by atoms with E-state index in [4.69, 9.17) is 0 Å². The van der Waals surface area contributed by atoms with E-state index in [9.17, 15) is 14.4 Å². The number of aryl methyl sites for hydroxylation is 1. The van der Waals surface area contributed by atoms with Gasteiger partial charge in [-0.2, -0.15) is 0 Å². The standard InChI is InChI=1S/C23H25N3O4/c1-14-6-4-5-7-18(14)21-19-13-25(11-17(19)12-26(21)15(2)27)22(28)20-9-8-16(10-24-20)23(29)30-3/h4-10,17,19,21H,11-13H2,1-3H3/t17-,19-,21+/m1/s1. The number of ether oxygens (including phenoxy) is 1. The van der Waals surface area contributed by atoms with Gasteiger partial charge < -0.3 is 14.5 Å². The molecule has 0 saturated carbocycles. The number of rotatable bonds is 3. The van der Waals surface area contributed by atoms with Gasteiger partial charge in [-0.05, 0) is 30.2 Å². The number of aromatic nitrogens is 1. The first kappa shape index (κ1) is 20.1. The van der Waals surface area contributed by atoms with Crippen molar-refractivity contribution < 1.29 is 19.1 Å². The molecule has 2 saturated heterocycles. The SMILES string of the molecule is COC(=O)c1ccc(C(=O)N2C[C@@H]3CN(C(C)=O)[C@@H](c4ccccc4C)[C@@H]3C2)nc1. The molecule has 0 unspecified atom stereocenters. The molecule has 0 radical (unpaired) electrons. The lowest BCUT2D eigenvalue weighted by atomic mass is 9.87. The van der Waals surface area contributed by atoms with E-state index < -0.39 is 5.97 Å². The lowest BCUT2D eigenvalue weighted by Crippen LogP contribution is -2.37. The zero-order chi connectivity index (χ0) is 21.4. The van der Waals surface area contributed by atoms with E-state index in [0.717, 1.165) is 11.1 Å². The van der Waals surface area contributed by atoms with Crippen LogP contribution in [0, 0.1) is 18.8 Å². The molecule has 7 heteroatoms. The van der Waals surface area contributed by atoms with Gasteiger partial charge in [-0.3, -0.25) is 14.6 Å². The van der Waals surface area contributed by atoms with E-state index in [1.54, 1.807) is 19.1 Å². The highest BCUT2D eigenvalue weighted by Crippen LogP contribution is 2.45. The molecule has 2 fully saturated rings. The predicted molar refractivity (Wildman–Crippen MR) is 110 cm³/mol. The number of esters is 1. The molecule has 3 atom stereocenters. The van der Waals surface area contributed by atoms with Crippen LogP contribution in [0.4, 0.5) is 0 Å². The van der Waals surface area contributed by atoms with Crippen LogP contribution in [0.2, 0.25) is 0 Å². The van der Waals surface area contributed by atoms with E-state index in [0.29, 0.717) is 30.9 Å². The van der Waals surface area contributed by atoms with Crippen LogP contribution in [0.1, 0.15) is 44.9 Å². The molecule has 2 amide bonds.